The molecule has 1 aromatic carbocycles. The van der Waals surface area contributed by atoms with Crippen LogP contribution in [0, 0.1) is 5.82 Å². The van der Waals surface area contributed by atoms with E-state index in [1.807, 2.05) is 22.9 Å². The smallest absolute Gasteiger partial charge is 0.123 e. The Morgan fingerprint density at radius 1 is 1.30 bits per heavy atom. The summed E-state index contributed by atoms with van der Waals surface area (Å²) in [7, 11) is 4.23. The first kappa shape index (κ1) is 17.1. The molecule has 0 amide bonds. The van der Waals surface area contributed by atoms with Crippen molar-refractivity contribution in [3.8, 4) is 0 Å². The van der Waals surface area contributed by atoms with Crippen molar-refractivity contribution in [3.05, 3.63) is 46.8 Å². The fraction of sp³-hybridized carbons (Fsp3) is 0.529. The van der Waals surface area contributed by atoms with Gasteiger partial charge in [0, 0.05) is 36.5 Å². The first-order valence-electron chi connectivity index (χ1n) is 8.01. The minimum Gasteiger partial charge on any atom is -0.299 e. The highest BCUT2D eigenvalue weighted by Gasteiger charge is 2.23. The van der Waals surface area contributed by atoms with Crippen LogP contribution in [0.1, 0.15) is 18.4 Å². The van der Waals surface area contributed by atoms with Gasteiger partial charge in [-0.05, 0) is 71.2 Å². The zero-order valence-electron chi connectivity index (χ0n) is 13.7. The van der Waals surface area contributed by atoms with E-state index >= 15 is 0 Å². The van der Waals surface area contributed by atoms with Gasteiger partial charge in [0.1, 0.15) is 5.82 Å². The van der Waals surface area contributed by atoms with Crippen LogP contribution in [0.25, 0.3) is 0 Å². The Labute approximate surface area is 144 Å². The molecule has 3 nitrogen and oxygen atoms in total. The van der Waals surface area contributed by atoms with Crippen molar-refractivity contribution in [2.75, 3.05) is 32.9 Å². The van der Waals surface area contributed by atoms with Crippen LogP contribution in [0.5, 0.6) is 0 Å². The zero-order valence-corrected chi connectivity index (χ0v) is 15.4. The molecule has 0 saturated carbocycles. The molecule has 0 spiro atoms. The molecule has 0 N–H and O–H groups in total. The Hall–Kier alpha value is -0.690. The van der Waals surface area contributed by atoms with E-state index < -0.39 is 0 Å². The van der Waals surface area contributed by atoms with E-state index in [-0.39, 0.29) is 15.5 Å². The molecular weight excluding hydrogens is 329 g/mol. The normalized spacial score (nSPS) is 23.1. The van der Waals surface area contributed by atoms with Gasteiger partial charge in [0.25, 0.3) is 0 Å². The number of hydrogen-bond acceptors (Lipinski definition) is 4. The Balaban J connectivity index is 1.44. The van der Waals surface area contributed by atoms with Gasteiger partial charge in [-0.1, -0.05) is 12.1 Å². The maximum absolute atomic E-state index is 13.0. The molecule has 0 aromatic heterocycles. The highest BCUT2D eigenvalue weighted by atomic mass is 33.1. The molecular formula is C17H24FN3S2. The van der Waals surface area contributed by atoms with Gasteiger partial charge in [0.15, 0.2) is 0 Å². The van der Waals surface area contributed by atoms with Crippen molar-refractivity contribution < 1.29 is 4.39 Å². The Kier molecular flexibility index (Phi) is 5.91. The lowest BCUT2D eigenvalue weighted by Crippen LogP contribution is -2.43. The van der Waals surface area contributed by atoms with Crippen LogP contribution in [0.3, 0.4) is 0 Å². The molecule has 0 aliphatic carbocycles. The average Bonchev–Trinajstić information content (AvgIpc) is 2.95. The van der Waals surface area contributed by atoms with Crippen LogP contribution in [-0.2, 0) is 16.3 Å². The van der Waals surface area contributed by atoms with Crippen molar-refractivity contribution in [3.63, 3.8) is 0 Å². The second kappa shape index (κ2) is 7.92. The fourth-order valence-electron chi connectivity index (χ4n) is 3.14. The van der Waals surface area contributed by atoms with Crippen molar-refractivity contribution in [2.24, 2.45) is 4.36 Å². The topological polar surface area (TPSA) is 18.8 Å². The Morgan fingerprint density at radius 3 is 2.61 bits per heavy atom. The van der Waals surface area contributed by atoms with Crippen molar-refractivity contribution >= 4 is 20.5 Å². The summed E-state index contributed by atoms with van der Waals surface area (Å²) in [5, 5.41) is 0. The Bertz CT molecular complexity index is 592. The third-order valence-electron chi connectivity index (χ3n) is 4.48. The molecule has 126 valence electrons. The molecule has 2 aliphatic rings. The molecule has 0 bridgehead atoms. The second-order valence-electron chi connectivity index (χ2n) is 6.26. The van der Waals surface area contributed by atoms with Crippen molar-refractivity contribution in [1.29, 1.82) is 0 Å². The molecule has 1 unspecified atom stereocenters. The lowest BCUT2D eigenvalue weighted by molar-refractivity contribution is 0.130. The number of nitrogens with zero attached hydrogens (tertiary/aromatic N) is 3. The van der Waals surface area contributed by atoms with Gasteiger partial charge in [-0.2, -0.15) is 0 Å². The number of piperidine rings is 1. The third kappa shape index (κ3) is 4.89. The van der Waals surface area contributed by atoms with E-state index in [1.165, 1.54) is 23.3 Å². The van der Waals surface area contributed by atoms with Gasteiger partial charge >= 0.3 is 0 Å². The van der Waals surface area contributed by atoms with E-state index in [0.29, 0.717) is 6.04 Å². The fourth-order valence-corrected chi connectivity index (χ4v) is 5.64. The number of halogens is 1. The maximum Gasteiger partial charge on any atom is 0.123 e. The minimum atomic E-state index is -0.162. The SMILES string of the molecule is CN(Cc1ccc(F)cc1)C1CCN(CC2=CN=S(C)S2)CC1. The number of likely N-dealkylation sites (tertiary alicyclic amines) is 1. The lowest BCUT2D eigenvalue weighted by Gasteiger charge is -2.36. The summed E-state index contributed by atoms with van der Waals surface area (Å²) in [6.07, 6.45) is 6.63. The molecule has 1 aromatic rings. The summed E-state index contributed by atoms with van der Waals surface area (Å²) in [6, 6.07) is 7.48. The molecule has 1 saturated heterocycles. The van der Waals surface area contributed by atoms with Crippen LogP contribution in [0.15, 0.2) is 39.7 Å². The zero-order chi connectivity index (χ0) is 16.2. The summed E-state index contributed by atoms with van der Waals surface area (Å²) >= 11 is 0. The van der Waals surface area contributed by atoms with E-state index in [1.54, 1.807) is 12.1 Å². The highest BCUT2D eigenvalue weighted by Crippen LogP contribution is 2.28. The predicted molar refractivity (Wildman–Crippen MR) is 98.7 cm³/mol. The van der Waals surface area contributed by atoms with Gasteiger partial charge < -0.3 is 0 Å². The van der Waals surface area contributed by atoms with Crippen LogP contribution in [0.4, 0.5) is 4.39 Å². The van der Waals surface area contributed by atoms with Gasteiger partial charge in [0.2, 0.25) is 0 Å². The van der Waals surface area contributed by atoms with Crippen molar-refractivity contribution in [2.45, 2.75) is 25.4 Å². The minimum absolute atomic E-state index is 0.142. The summed E-state index contributed by atoms with van der Waals surface area (Å²) in [6.45, 7) is 4.24. The summed E-state index contributed by atoms with van der Waals surface area (Å²) in [5.41, 5.74) is 1.18. The molecule has 23 heavy (non-hydrogen) atoms. The van der Waals surface area contributed by atoms with Crippen LogP contribution >= 0.6 is 10.8 Å². The average molecular weight is 354 g/mol. The van der Waals surface area contributed by atoms with Gasteiger partial charge in [-0.15, -0.1) is 0 Å². The first-order chi connectivity index (χ1) is 11.1. The molecule has 0 radical (unpaired) electrons. The van der Waals surface area contributed by atoms with Gasteiger partial charge in [-0.3, -0.25) is 9.80 Å². The van der Waals surface area contributed by atoms with Gasteiger partial charge in [-0.25, -0.2) is 8.75 Å². The second-order valence-corrected chi connectivity index (χ2v) is 9.95. The van der Waals surface area contributed by atoms with Crippen LogP contribution < -0.4 is 0 Å². The van der Waals surface area contributed by atoms with Crippen LogP contribution in [-0.4, -0.2) is 48.8 Å². The quantitative estimate of drug-likeness (QED) is 0.753. The summed E-state index contributed by atoms with van der Waals surface area (Å²) < 4.78 is 17.4. The predicted octanol–water partition coefficient (Wildman–Crippen LogP) is 3.66. The number of benzene rings is 1. The maximum atomic E-state index is 13.0. The molecule has 2 aliphatic heterocycles. The monoisotopic (exact) mass is 353 g/mol. The van der Waals surface area contributed by atoms with E-state index in [2.05, 4.69) is 33.7 Å². The standard InChI is InChI=1S/C17H24FN3S2/c1-20(12-14-3-5-15(18)6-4-14)16-7-9-21(10-8-16)13-17-11-19-23(2)22-17/h3-6,11,16H,7-10,12-13H2,1-2H3. The van der Waals surface area contributed by atoms with E-state index in [9.17, 15) is 4.39 Å². The van der Waals surface area contributed by atoms with E-state index in [0.717, 1.165) is 26.2 Å². The highest BCUT2D eigenvalue weighted by molar-refractivity contribution is 8.71. The largest absolute Gasteiger partial charge is 0.299 e. The molecule has 3 rings (SSSR count). The number of rotatable bonds is 5. The third-order valence-corrected chi connectivity index (χ3v) is 7.19. The molecule has 6 heteroatoms. The van der Waals surface area contributed by atoms with Crippen LogP contribution in [0.2, 0.25) is 0 Å². The van der Waals surface area contributed by atoms with Crippen molar-refractivity contribution in [1.82, 2.24) is 9.80 Å². The Morgan fingerprint density at radius 2 is 2.00 bits per heavy atom. The summed E-state index contributed by atoms with van der Waals surface area (Å²) in [4.78, 5) is 6.36. The first-order valence-corrected chi connectivity index (χ1v) is 10.9. The van der Waals surface area contributed by atoms with Gasteiger partial charge in [0.05, 0.1) is 0 Å². The molecule has 2 heterocycles. The molecule has 1 fully saturated rings. The lowest BCUT2D eigenvalue weighted by atomic mass is 10.0. The van der Waals surface area contributed by atoms with E-state index in [4.69, 9.17) is 0 Å². The molecule has 1 atom stereocenters. The number of hydrogen-bond donors (Lipinski definition) is 0. The summed E-state index contributed by atoms with van der Waals surface area (Å²) in [5.74, 6) is -0.162.